The molecule has 0 aromatic rings. The smallest absolute Gasteiger partial charge is 0.149 e. The lowest BCUT2D eigenvalue weighted by atomic mass is 10.1. The zero-order valence-corrected chi connectivity index (χ0v) is 8.10. The highest BCUT2D eigenvalue weighted by atomic mass is 16.3. The minimum atomic E-state index is -0.694. The van der Waals surface area contributed by atoms with Gasteiger partial charge in [0, 0.05) is 19.0 Å². The molecule has 13 heavy (non-hydrogen) atoms. The van der Waals surface area contributed by atoms with Crippen LogP contribution in [0.1, 0.15) is 13.8 Å². The van der Waals surface area contributed by atoms with Gasteiger partial charge in [-0.15, -0.1) is 0 Å². The van der Waals surface area contributed by atoms with Crippen molar-refractivity contribution in [3.8, 4) is 0 Å². The number of aliphatic hydroxyl groups is 2. The van der Waals surface area contributed by atoms with Crippen LogP contribution in [0.5, 0.6) is 0 Å². The first kappa shape index (κ1) is 10.6. The Bertz CT molecular complexity index is 183. The number of Topliss-reactive ketones (excluding diaryl/α,β-unsaturated/α-hetero) is 1. The van der Waals surface area contributed by atoms with Crippen LogP contribution in [0.15, 0.2) is 0 Å². The molecule has 0 bridgehead atoms. The molecule has 0 aromatic carbocycles. The Hall–Kier alpha value is -0.450. The fraction of sp³-hybridized carbons (Fsp3) is 0.889. The molecule has 2 atom stereocenters. The maximum Gasteiger partial charge on any atom is 0.149 e. The lowest BCUT2D eigenvalue weighted by Crippen LogP contribution is -2.31. The van der Waals surface area contributed by atoms with Gasteiger partial charge in [0.15, 0.2) is 0 Å². The molecule has 2 unspecified atom stereocenters. The summed E-state index contributed by atoms with van der Waals surface area (Å²) in [5.41, 5.74) is 0. The van der Waals surface area contributed by atoms with Crippen molar-refractivity contribution >= 4 is 5.78 Å². The van der Waals surface area contributed by atoms with Gasteiger partial charge in [0.1, 0.15) is 5.78 Å². The number of carbonyl (C=O) groups is 1. The molecule has 0 saturated carbocycles. The van der Waals surface area contributed by atoms with Crippen molar-refractivity contribution in [2.24, 2.45) is 5.92 Å². The maximum absolute atomic E-state index is 11.3. The highest BCUT2D eigenvalue weighted by Crippen LogP contribution is 2.10. The third-order valence-corrected chi connectivity index (χ3v) is 2.36. The summed E-state index contributed by atoms with van der Waals surface area (Å²) in [6, 6.07) is 0. The molecule has 1 aliphatic heterocycles. The van der Waals surface area contributed by atoms with Crippen molar-refractivity contribution in [1.29, 1.82) is 0 Å². The van der Waals surface area contributed by atoms with E-state index in [1.165, 1.54) is 0 Å². The summed E-state index contributed by atoms with van der Waals surface area (Å²) < 4.78 is 0. The Morgan fingerprint density at radius 1 is 1.38 bits per heavy atom. The van der Waals surface area contributed by atoms with Gasteiger partial charge in [-0.1, -0.05) is 13.8 Å². The summed E-state index contributed by atoms with van der Waals surface area (Å²) >= 11 is 0. The number of β-amino-alcohol motifs (C(OH)–C–C–N with tert-alkyl or cyclic N) is 2. The number of hydrogen-bond donors (Lipinski definition) is 2. The summed E-state index contributed by atoms with van der Waals surface area (Å²) in [5, 5.41) is 18.4. The first-order valence-corrected chi connectivity index (χ1v) is 4.62. The van der Waals surface area contributed by atoms with Gasteiger partial charge in [-0.05, 0) is 0 Å². The van der Waals surface area contributed by atoms with Gasteiger partial charge in [-0.3, -0.25) is 9.69 Å². The van der Waals surface area contributed by atoms with E-state index in [9.17, 15) is 15.0 Å². The first-order valence-electron chi connectivity index (χ1n) is 4.62. The first-order chi connectivity index (χ1) is 6.00. The molecule has 4 nitrogen and oxygen atoms in total. The molecule has 0 amide bonds. The van der Waals surface area contributed by atoms with Gasteiger partial charge < -0.3 is 10.2 Å². The summed E-state index contributed by atoms with van der Waals surface area (Å²) in [6.07, 6.45) is -1.39. The maximum atomic E-state index is 11.3. The van der Waals surface area contributed by atoms with Crippen LogP contribution < -0.4 is 0 Å². The molecule has 1 aliphatic rings. The van der Waals surface area contributed by atoms with E-state index in [4.69, 9.17) is 0 Å². The van der Waals surface area contributed by atoms with Crippen LogP contribution in [-0.4, -0.2) is 52.7 Å². The molecule has 76 valence electrons. The van der Waals surface area contributed by atoms with Crippen LogP contribution in [0.2, 0.25) is 0 Å². The topological polar surface area (TPSA) is 60.8 Å². The normalized spacial score (nSPS) is 29.9. The number of hydrogen-bond acceptors (Lipinski definition) is 4. The van der Waals surface area contributed by atoms with Crippen molar-refractivity contribution in [2.75, 3.05) is 19.6 Å². The fourth-order valence-electron chi connectivity index (χ4n) is 1.38. The standard InChI is InChI=1S/C9H17NO3/c1-6(2)7(11)3-10-4-8(12)9(13)5-10/h6,8-9,12-13H,3-5H2,1-2H3. The molecule has 0 radical (unpaired) electrons. The van der Waals surface area contributed by atoms with Gasteiger partial charge in [0.05, 0.1) is 18.8 Å². The molecule has 0 aromatic heterocycles. The molecule has 2 N–H and O–H groups in total. The quantitative estimate of drug-likeness (QED) is 0.610. The number of nitrogens with zero attached hydrogens (tertiary/aromatic N) is 1. The molecule has 1 rings (SSSR count). The van der Waals surface area contributed by atoms with Gasteiger partial charge >= 0.3 is 0 Å². The third-order valence-electron chi connectivity index (χ3n) is 2.36. The number of likely N-dealkylation sites (tertiary alicyclic amines) is 1. The molecule has 0 aliphatic carbocycles. The van der Waals surface area contributed by atoms with E-state index in [0.717, 1.165) is 0 Å². The molecule has 1 heterocycles. The van der Waals surface area contributed by atoms with Crippen molar-refractivity contribution in [3.63, 3.8) is 0 Å². The molecule has 1 saturated heterocycles. The Kier molecular flexibility index (Phi) is 3.41. The van der Waals surface area contributed by atoms with E-state index in [2.05, 4.69) is 0 Å². The second-order valence-electron chi connectivity index (χ2n) is 3.95. The highest BCUT2D eigenvalue weighted by molar-refractivity contribution is 5.82. The average molecular weight is 187 g/mol. The summed E-state index contributed by atoms with van der Waals surface area (Å²) in [4.78, 5) is 13.1. The largest absolute Gasteiger partial charge is 0.389 e. The van der Waals surface area contributed by atoms with Crippen LogP contribution in [0.4, 0.5) is 0 Å². The van der Waals surface area contributed by atoms with Gasteiger partial charge in [-0.2, -0.15) is 0 Å². The SMILES string of the molecule is CC(C)C(=O)CN1CC(O)C(O)C1. The van der Waals surface area contributed by atoms with E-state index in [-0.39, 0.29) is 11.7 Å². The minimum Gasteiger partial charge on any atom is -0.389 e. The minimum absolute atomic E-state index is 0.0230. The Morgan fingerprint density at radius 3 is 2.23 bits per heavy atom. The Morgan fingerprint density at radius 2 is 1.85 bits per heavy atom. The molecular formula is C9H17NO3. The Balaban J connectivity index is 2.36. The van der Waals surface area contributed by atoms with Crippen molar-refractivity contribution in [2.45, 2.75) is 26.1 Å². The number of rotatable bonds is 3. The zero-order valence-electron chi connectivity index (χ0n) is 8.10. The Labute approximate surface area is 78.2 Å². The molecular weight excluding hydrogens is 170 g/mol. The van der Waals surface area contributed by atoms with Crippen LogP contribution >= 0.6 is 0 Å². The summed E-state index contributed by atoms with van der Waals surface area (Å²) in [5.74, 6) is 0.177. The summed E-state index contributed by atoms with van der Waals surface area (Å²) in [6.45, 7) is 4.85. The monoisotopic (exact) mass is 187 g/mol. The lowest BCUT2D eigenvalue weighted by Gasteiger charge is -2.14. The van der Waals surface area contributed by atoms with E-state index in [1.807, 2.05) is 13.8 Å². The summed E-state index contributed by atoms with van der Waals surface area (Å²) in [7, 11) is 0. The van der Waals surface area contributed by atoms with Crippen molar-refractivity contribution in [3.05, 3.63) is 0 Å². The van der Waals surface area contributed by atoms with Gasteiger partial charge in [0.25, 0.3) is 0 Å². The lowest BCUT2D eigenvalue weighted by molar-refractivity contribution is -0.122. The predicted octanol–water partition coefficient (Wildman–Crippen LogP) is -0.751. The highest BCUT2D eigenvalue weighted by Gasteiger charge is 2.30. The third kappa shape index (κ3) is 2.76. The molecule has 4 heteroatoms. The van der Waals surface area contributed by atoms with E-state index >= 15 is 0 Å². The van der Waals surface area contributed by atoms with Crippen LogP contribution in [0.3, 0.4) is 0 Å². The van der Waals surface area contributed by atoms with Crippen LogP contribution in [0, 0.1) is 5.92 Å². The number of carbonyl (C=O) groups excluding carboxylic acids is 1. The van der Waals surface area contributed by atoms with E-state index in [1.54, 1.807) is 4.90 Å². The van der Waals surface area contributed by atoms with Crippen LogP contribution in [0.25, 0.3) is 0 Å². The van der Waals surface area contributed by atoms with Crippen LogP contribution in [-0.2, 0) is 4.79 Å². The molecule has 0 spiro atoms. The second-order valence-corrected chi connectivity index (χ2v) is 3.95. The number of aliphatic hydroxyl groups excluding tert-OH is 2. The second kappa shape index (κ2) is 4.17. The van der Waals surface area contributed by atoms with E-state index in [0.29, 0.717) is 19.6 Å². The average Bonchev–Trinajstić information content (AvgIpc) is 2.31. The van der Waals surface area contributed by atoms with E-state index < -0.39 is 12.2 Å². The fourth-order valence-corrected chi connectivity index (χ4v) is 1.38. The van der Waals surface area contributed by atoms with Crippen molar-refractivity contribution in [1.82, 2.24) is 4.90 Å². The number of ketones is 1. The van der Waals surface area contributed by atoms with Gasteiger partial charge in [0.2, 0.25) is 0 Å². The van der Waals surface area contributed by atoms with Gasteiger partial charge in [-0.25, -0.2) is 0 Å². The predicted molar refractivity (Wildman–Crippen MR) is 48.3 cm³/mol. The molecule has 1 fully saturated rings. The zero-order chi connectivity index (χ0) is 10.0. The van der Waals surface area contributed by atoms with Crippen molar-refractivity contribution < 1.29 is 15.0 Å².